The van der Waals surface area contributed by atoms with Gasteiger partial charge >= 0.3 is 0 Å². The fourth-order valence-electron chi connectivity index (χ4n) is 3.54. The van der Waals surface area contributed by atoms with Gasteiger partial charge in [-0.15, -0.1) is 0 Å². The molecule has 0 amide bonds. The van der Waals surface area contributed by atoms with Gasteiger partial charge in [0.25, 0.3) is 0 Å². The Morgan fingerprint density at radius 1 is 1.12 bits per heavy atom. The van der Waals surface area contributed by atoms with Crippen LogP contribution in [0, 0.1) is 5.41 Å². The molecule has 16 heavy (non-hydrogen) atoms. The van der Waals surface area contributed by atoms with E-state index >= 15 is 0 Å². The van der Waals surface area contributed by atoms with E-state index in [4.69, 9.17) is 4.74 Å². The van der Waals surface area contributed by atoms with Crippen LogP contribution in [-0.4, -0.2) is 25.3 Å². The van der Waals surface area contributed by atoms with Gasteiger partial charge in [0.1, 0.15) is 0 Å². The maximum Gasteiger partial charge on any atom is 0.0724 e. The van der Waals surface area contributed by atoms with Crippen LogP contribution < -0.4 is 5.32 Å². The van der Waals surface area contributed by atoms with Crippen molar-refractivity contribution in [1.29, 1.82) is 0 Å². The Hall–Kier alpha value is -0.0800. The summed E-state index contributed by atoms with van der Waals surface area (Å²) in [5, 5.41) is 3.85. The molecule has 0 aromatic rings. The van der Waals surface area contributed by atoms with Crippen LogP contribution in [0.4, 0.5) is 0 Å². The first-order valence-electron chi connectivity index (χ1n) is 6.89. The zero-order valence-electron chi connectivity index (χ0n) is 11.1. The molecule has 3 atom stereocenters. The van der Waals surface area contributed by atoms with Gasteiger partial charge < -0.3 is 10.1 Å². The number of rotatable bonds is 3. The van der Waals surface area contributed by atoms with E-state index in [9.17, 15) is 0 Å². The fourth-order valence-corrected chi connectivity index (χ4v) is 3.54. The molecule has 3 unspecified atom stereocenters. The van der Waals surface area contributed by atoms with Crippen LogP contribution in [0.1, 0.15) is 58.8 Å². The van der Waals surface area contributed by atoms with Crippen molar-refractivity contribution in [2.24, 2.45) is 5.41 Å². The van der Waals surface area contributed by atoms with Crippen LogP contribution in [0.15, 0.2) is 0 Å². The van der Waals surface area contributed by atoms with Gasteiger partial charge in [-0.3, -0.25) is 0 Å². The summed E-state index contributed by atoms with van der Waals surface area (Å²) >= 11 is 0. The third kappa shape index (κ3) is 2.98. The molecular weight excluding hydrogens is 198 g/mol. The molecule has 94 valence electrons. The second-order valence-electron chi connectivity index (χ2n) is 6.44. The van der Waals surface area contributed by atoms with E-state index in [1.54, 1.807) is 0 Å². The molecule has 2 heteroatoms. The first-order chi connectivity index (χ1) is 7.61. The Labute approximate surface area is 100 Å². The van der Waals surface area contributed by atoms with Gasteiger partial charge in [-0.2, -0.15) is 0 Å². The molecule has 0 radical (unpaired) electrons. The topological polar surface area (TPSA) is 21.3 Å². The summed E-state index contributed by atoms with van der Waals surface area (Å²) in [7, 11) is 1.86. The van der Waals surface area contributed by atoms with Crippen molar-refractivity contribution in [3.05, 3.63) is 0 Å². The lowest BCUT2D eigenvalue weighted by Crippen LogP contribution is -2.46. The maximum atomic E-state index is 5.55. The number of nitrogens with one attached hydrogen (secondary N) is 1. The quantitative estimate of drug-likeness (QED) is 0.797. The van der Waals surface area contributed by atoms with E-state index < -0.39 is 0 Å². The molecule has 0 saturated heterocycles. The van der Waals surface area contributed by atoms with Crippen molar-refractivity contribution in [1.82, 2.24) is 5.32 Å². The Kier molecular flexibility index (Phi) is 3.91. The highest BCUT2D eigenvalue weighted by Gasteiger charge is 2.33. The third-order valence-corrected chi connectivity index (χ3v) is 4.41. The predicted octanol–water partition coefficient (Wildman–Crippen LogP) is 3.11. The zero-order chi connectivity index (χ0) is 11.6. The second-order valence-corrected chi connectivity index (χ2v) is 6.44. The lowest BCUT2D eigenvalue weighted by Gasteiger charge is -2.37. The first-order valence-corrected chi connectivity index (χ1v) is 6.89. The predicted molar refractivity (Wildman–Crippen MR) is 67.6 cm³/mol. The Bertz CT molecular complexity index is 227. The van der Waals surface area contributed by atoms with Gasteiger partial charge in [-0.25, -0.2) is 0 Å². The van der Waals surface area contributed by atoms with Gasteiger partial charge in [0.15, 0.2) is 0 Å². The molecule has 1 N–H and O–H groups in total. The standard InChI is InChI=1S/C14H27NO/c1-14(2)9-5-6-11(10-14)15-12-7-4-8-13(12)16-3/h11-13,15H,4-10H2,1-3H3. The third-order valence-electron chi connectivity index (χ3n) is 4.41. The van der Waals surface area contributed by atoms with Crippen molar-refractivity contribution < 1.29 is 4.74 Å². The molecule has 2 aliphatic carbocycles. The molecule has 0 aromatic carbocycles. The molecule has 0 spiro atoms. The summed E-state index contributed by atoms with van der Waals surface area (Å²) in [6, 6.07) is 1.34. The Balaban J connectivity index is 1.84. The van der Waals surface area contributed by atoms with E-state index in [-0.39, 0.29) is 0 Å². The molecule has 0 aliphatic heterocycles. The monoisotopic (exact) mass is 225 g/mol. The average Bonchev–Trinajstić information content (AvgIpc) is 2.63. The molecule has 0 aromatic heterocycles. The zero-order valence-corrected chi connectivity index (χ0v) is 11.1. The number of ether oxygens (including phenoxy) is 1. The molecule has 0 heterocycles. The number of methoxy groups -OCH3 is 1. The van der Waals surface area contributed by atoms with E-state index in [0.29, 0.717) is 17.6 Å². The minimum atomic E-state index is 0.463. The van der Waals surface area contributed by atoms with Crippen LogP contribution in [-0.2, 0) is 4.74 Å². The SMILES string of the molecule is COC1CCCC1NC1CCCC(C)(C)C1. The van der Waals surface area contributed by atoms with E-state index in [2.05, 4.69) is 19.2 Å². The van der Waals surface area contributed by atoms with Crippen LogP contribution in [0.3, 0.4) is 0 Å². The van der Waals surface area contributed by atoms with Gasteiger partial charge in [0.2, 0.25) is 0 Å². The minimum Gasteiger partial charge on any atom is -0.380 e. The van der Waals surface area contributed by atoms with E-state index in [1.165, 1.54) is 44.9 Å². The molecule has 2 nitrogen and oxygen atoms in total. The smallest absolute Gasteiger partial charge is 0.0724 e. The lowest BCUT2D eigenvalue weighted by atomic mass is 9.75. The molecular formula is C14H27NO. The maximum absolute atomic E-state index is 5.55. The van der Waals surface area contributed by atoms with Crippen molar-refractivity contribution in [2.45, 2.75) is 77.0 Å². The highest BCUT2D eigenvalue weighted by atomic mass is 16.5. The Morgan fingerprint density at radius 2 is 1.94 bits per heavy atom. The molecule has 2 saturated carbocycles. The van der Waals surface area contributed by atoms with Crippen LogP contribution >= 0.6 is 0 Å². The Morgan fingerprint density at radius 3 is 2.62 bits per heavy atom. The summed E-state index contributed by atoms with van der Waals surface area (Å²) in [6.07, 6.45) is 9.80. The molecule has 2 aliphatic rings. The number of hydrogen-bond acceptors (Lipinski definition) is 2. The summed E-state index contributed by atoms with van der Waals surface area (Å²) in [5.74, 6) is 0. The minimum absolute atomic E-state index is 0.463. The van der Waals surface area contributed by atoms with Gasteiger partial charge in [0.05, 0.1) is 6.10 Å². The summed E-state index contributed by atoms with van der Waals surface area (Å²) < 4.78 is 5.55. The molecule has 2 rings (SSSR count). The average molecular weight is 225 g/mol. The van der Waals surface area contributed by atoms with E-state index in [0.717, 1.165) is 6.04 Å². The van der Waals surface area contributed by atoms with Crippen LogP contribution in [0.5, 0.6) is 0 Å². The lowest BCUT2D eigenvalue weighted by molar-refractivity contribution is 0.0736. The van der Waals surface area contributed by atoms with Crippen molar-refractivity contribution in [3.63, 3.8) is 0 Å². The molecule has 0 bridgehead atoms. The summed E-state index contributed by atoms with van der Waals surface area (Å²) in [5.41, 5.74) is 0.539. The van der Waals surface area contributed by atoms with Gasteiger partial charge in [0, 0.05) is 19.2 Å². The van der Waals surface area contributed by atoms with Crippen molar-refractivity contribution in [3.8, 4) is 0 Å². The highest BCUT2D eigenvalue weighted by Crippen LogP contribution is 2.36. The second kappa shape index (κ2) is 5.05. The van der Waals surface area contributed by atoms with Crippen molar-refractivity contribution in [2.75, 3.05) is 7.11 Å². The highest BCUT2D eigenvalue weighted by molar-refractivity contribution is 4.90. The van der Waals surface area contributed by atoms with E-state index in [1.807, 2.05) is 7.11 Å². The van der Waals surface area contributed by atoms with Gasteiger partial charge in [-0.1, -0.05) is 20.3 Å². The normalized spacial score (nSPS) is 38.8. The summed E-state index contributed by atoms with van der Waals surface area (Å²) in [4.78, 5) is 0. The van der Waals surface area contributed by atoms with Crippen molar-refractivity contribution >= 4 is 0 Å². The van der Waals surface area contributed by atoms with Crippen LogP contribution in [0.25, 0.3) is 0 Å². The summed E-state index contributed by atoms with van der Waals surface area (Å²) in [6.45, 7) is 4.81. The van der Waals surface area contributed by atoms with Gasteiger partial charge in [-0.05, 0) is 43.9 Å². The molecule has 2 fully saturated rings. The fraction of sp³-hybridized carbons (Fsp3) is 1.00. The number of hydrogen-bond donors (Lipinski definition) is 1. The van der Waals surface area contributed by atoms with Crippen LogP contribution in [0.2, 0.25) is 0 Å². The largest absolute Gasteiger partial charge is 0.380 e. The first kappa shape index (κ1) is 12.4.